The average Bonchev–Trinajstić information content (AvgIpc) is 3.36. The Morgan fingerprint density at radius 1 is 0.697 bits per heavy atom. The second kappa shape index (κ2) is 8.68. The van der Waals surface area contributed by atoms with Crippen LogP contribution in [-0.2, 0) is 32.9 Å². The predicted octanol–water partition coefficient (Wildman–Crippen LogP) is 2.45. The summed E-state index contributed by atoms with van der Waals surface area (Å²) in [6, 6.07) is 14.7. The molecule has 0 atom stereocenters. The molecule has 2 aromatic carbocycles. The van der Waals surface area contributed by atoms with Gasteiger partial charge in [0.2, 0.25) is 20.0 Å². The van der Waals surface area contributed by atoms with Crippen LogP contribution in [0.1, 0.15) is 24.0 Å². The smallest absolute Gasteiger partial charge is 0.240 e. The Hall–Kier alpha value is -2.53. The molecule has 1 fully saturated rings. The Labute approximate surface area is 194 Å². The van der Waals surface area contributed by atoms with Crippen LogP contribution < -0.4 is 0 Å². The maximum atomic E-state index is 13.2. The van der Waals surface area contributed by atoms with Crippen molar-refractivity contribution >= 4 is 20.0 Å². The molecule has 1 saturated heterocycles. The Bertz CT molecular complexity index is 1360. The first-order chi connectivity index (χ1) is 15.9. The summed E-state index contributed by atoms with van der Waals surface area (Å²) in [4.78, 5) is 0.390. The monoisotopic (exact) mass is 486 g/mol. The lowest BCUT2D eigenvalue weighted by molar-refractivity contribution is 0.273. The van der Waals surface area contributed by atoms with E-state index in [0.717, 1.165) is 36.9 Å². The normalized spacial score (nSPS) is 18.2. The molecule has 0 amide bonds. The molecule has 3 aromatic rings. The van der Waals surface area contributed by atoms with Gasteiger partial charge in [0, 0.05) is 26.2 Å². The van der Waals surface area contributed by atoms with E-state index in [-0.39, 0.29) is 31.1 Å². The summed E-state index contributed by atoms with van der Waals surface area (Å²) in [6.07, 6.45) is 6.93. The molecule has 0 N–H and O–H groups in total. The lowest BCUT2D eigenvalue weighted by Gasteiger charge is -2.33. The van der Waals surface area contributed by atoms with Crippen molar-refractivity contribution in [3.05, 3.63) is 72.1 Å². The van der Waals surface area contributed by atoms with Crippen LogP contribution in [0, 0.1) is 0 Å². The first-order valence-corrected chi connectivity index (χ1v) is 14.0. The number of benzene rings is 2. The van der Waals surface area contributed by atoms with Crippen molar-refractivity contribution in [3.63, 3.8) is 0 Å². The first-order valence-electron chi connectivity index (χ1n) is 11.1. The lowest BCUT2D eigenvalue weighted by atomic mass is 9.92. The van der Waals surface area contributed by atoms with Crippen molar-refractivity contribution in [2.45, 2.75) is 35.5 Å². The van der Waals surface area contributed by atoms with Gasteiger partial charge in [-0.25, -0.2) is 21.5 Å². The summed E-state index contributed by atoms with van der Waals surface area (Å²) in [5.74, 6) is 0. The molecule has 0 spiro atoms. The summed E-state index contributed by atoms with van der Waals surface area (Å²) in [6.45, 7) is 0.434. The van der Waals surface area contributed by atoms with Gasteiger partial charge in [0.05, 0.1) is 23.0 Å². The molecular formula is C23H26N4O4S2. The maximum absolute atomic E-state index is 13.2. The van der Waals surface area contributed by atoms with Crippen molar-refractivity contribution in [2.24, 2.45) is 0 Å². The van der Waals surface area contributed by atoms with Crippen molar-refractivity contribution in [1.29, 1.82) is 0 Å². The Morgan fingerprint density at radius 2 is 1.30 bits per heavy atom. The molecule has 0 unspecified atom stereocenters. The Morgan fingerprint density at radius 3 is 1.97 bits per heavy atom. The number of aromatic nitrogens is 2. The molecule has 10 heteroatoms. The van der Waals surface area contributed by atoms with E-state index in [4.69, 9.17) is 0 Å². The van der Waals surface area contributed by atoms with E-state index in [1.165, 1.54) is 31.2 Å². The zero-order valence-electron chi connectivity index (χ0n) is 18.2. The number of piperazine rings is 1. The van der Waals surface area contributed by atoms with Crippen molar-refractivity contribution in [2.75, 3.05) is 26.2 Å². The van der Waals surface area contributed by atoms with Crippen LogP contribution in [0.25, 0.3) is 5.69 Å². The van der Waals surface area contributed by atoms with Gasteiger partial charge in [0.25, 0.3) is 0 Å². The second-order valence-electron chi connectivity index (χ2n) is 8.40. The highest BCUT2D eigenvalue weighted by molar-refractivity contribution is 7.89. The van der Waals surface area contributed by atoms with Crippen LogP contribution in [-0.4, -0.2) is 61.4 Å². The zero-order chi connectivity index (χ0) is 23.1. The average molecular weight is 487 g/mol. The van der Waals surface area contributed by atoms with Crippen LogP contribution in [0.5, 0.6) is 0 Å². The molecule has 5 rings (SSSR count). The van der Waals surface area contributed by atoms with E-state index in [0.29, 0.717) is 4.90 Å². The molecule has 8 nitrogen and oxygen atoms in total. The zero-order valence-corrected chi connectivity index (χ0v) is 19.8. The minimum absolute atomic E-state index is 0.0948. The van der Waals surface area contributed by atoms with Gasteiger partial charge in [-0.2, -0.15) is 13.7 Å². The number of para-hydroxylation sites is 1. The highest BCUT2D eigenvalue weighted by atomic mass is 32.2. The van der Waals surface area contributed by atoms with Crippen LogP contribution in [0.4, 0.5) is 0 Å². The standard InChI is InChI=1S/C23H26N4O4S2/c28-32(29,22-11-10-19-6-4-5-7-20(19)16-22)25-12-14-26(15-13-25)33(30,31)23-17-24-27(18-23)21-8-2-1-3-9-21/h1-3,8-11,16-18H,4-7,12-15H2. The van der Waals surface area contributed by atoms with Gasteiger partial charge in [0.1, 0.15) is 4.90 Å². The van der Waals surface area contributed by atoms with Crippen molar-refractivity contribution in [1.82, 2.24) is 18.4 Å². The SMILES string of the molecule is O=S(=O)(c1ccc2c(c1)CCCC2)N1CCN(S(=O)(=O)c2cnn(-c3ccccc3)c2)CC1. The highest BCUT2D eigenvalue weighted by Gasteiger charge is 2.34. The number of sulfonamides is 2. The van der Waals surface area contributed by atoms with E-state index >= 15 is 0 Å². The van der Waals surface area contributed by atoms with Gasteiger partial charge in [-0.05, 0) is 61.1 Å². The molecule has 0 saturated carbocycles. The van der Waals surface area contributed by atoms with Gasteiger partial charge in [-0.3, -0.25) is 0 Å². The van der Waals surface area contributed by atoms with Crippen LogP contribution in [0.3, 0.4) is 0 Å². The van der Waals surface area contributed by atoms with Gasteiger partial charge in [0.15, 0.2) is 0 Å². The fraction of sp³-hybridized carbons (Fsp3) is 0.348. The van der Waals surface area contributed by atoms with Crippen LogP contribution in [0.15, 0.2) is 70.7 Å². The summed E-state index contributed by atoms with van der Waals surface area (Å²) < 4.78 is 56.9. The Balaban J connectivity index is 1.30. The molecule has 0 bridgehead atoms. The largest absolute Gasteiger partial charge is 0.246 e. The van der Waals surface area contributed by atoms with Crippen molar-refractivity contribution in [3.8, 4) is 5.69 Å². The maximum Gasteiger partial charge on any atom is 0.246 e. The quantitative estimate of drug-likeness (QED) is 0.552. The fourth-order valence-electron chi connectivity index (χ4n) is 4.48. The third-order valence-corrected chi connectivity index (χ3v) is 10.1. The number of hydrogen-bond donors (Lipinski definition) is 0. The first kappa shape index (κ1) is 22.3. The molecule has 174 valence electrons. The molecule has 2 heterocycles. The van der Waals surface area contributed by atoms with E-state index < -0.39 is 20.0 Å². The summed E-state index contributed by atoms with van der Waals surface area (Å²) in [5, 5.41) is 4.18. The number of fused-ring (bicyclic) bond motifs is 1. The predicted molar refractivity (Wildman–Crippen MR) is 124 cm³/mol. The van der Waals surface area contributed by atoms with E-state index in [9.17, 15) is 16.8 Å². The van der Waals surface area contributed by atoms with Gasteiger partial charge in [-0.1, -0.05) is 24.3 Å². The van der Waals surface area contributed by atoms with Crippen LogP contribution >= 0.6 is 0 Å². The summed E-state index contributed by atoms with van der Waals surface area (Å²) in [7, 11) is -7.43. The molecule has 1 aliphatic carbocycles. The molecule has 1 aromatic heterocycles. The minimum Gasteiger partial charge on any atom is -0.240 e. The topological polar surface area (TPSA) is 92.6 Å². The summed E-state index contributed by atoms with van der Waals surface area (Å²) in [5.41, 5.74) is 3.10. The van der Waals surface area contributed by atoms with Crippen LogP contribution in [0.2, 0.25) is 0 Å². The summed E-state index contributed by atoms with van der Waals surface area (Å²) >= 11 is 0. The molecule has 2 aliphatic rings. The number of rotatable bonds is 5. The van der Waals surface area contributed by atoms with Crippen molar-refractivity contribution < 1.29 is 16.8 Å². The van der Waals surface area contributed by atoms with E-state index in [2.05, 4.69) is 5.10 Å². The van der Waals surface area contributed by atoms with Gasteiger partial charge in [-0.15, -0.1) is 0 Å². The van der Waals surface area contributed by atoms with E-state index in [1.54, 1.807) is 12.1 Å². The second-order valence-corrected chi connectivity index (χ2v) is 12.3. The molecule has 1 aliphatic heterocycles. The third kappa shape index (κ3) is 4.23. The number of hydrogen-bond acceptors (Lipinski definition) is 5. The lowest BCUT2D eigenvalue weighted by Crippen LogP contribution is -2.50. The fourth-order valence-corrected chi connectivity index (χ4v) is 7.31. The third-order valence-electron chi connectivity index (χ3n) is 6.37. The highest BCUT2D eigenvalue weighted by Crippen LogP contribution is 2.27. The Kier molecular flexibility index (Phi) is 5.86. The molecule has 0 radical (unpaired) electrons. The van der Waals surface area contributed by atoms with Gasteiger partial charge >= 0.3 is 0 Å². The molecular weight excluding hydrogens is 460 g/mol. The number of aryl methyl sites for hydroxylation is 2. The van der Waals surface area contributed by atoms with Gasteiger partial charge < -0.3 is 0 Å². The molecule has 33 heavy (non-hydrogen) atoms. The minimum atomic E-state index is -3.77. The van der Waals surface area contributed by atoms with E-state index in [1.807, 2.05) is 36.4 Å². The number of nitrogens with zero attached hydrogens (tertiary/aromatic N) is 4.